The minimum atomic E-state index is -0.169. The summed E-state index contributed by atoms with van der Waals surface area (Å²) in [6.45, 7) is 4.29. The van der Waals surface area contributed by atoms with Crippen LogP contribution in [-0.4, -0.2) is 22.4 Å². The van der Waals surface area contributed by atoms with E-state index >= 15 is 0 Å². The molecule has 1 aromatic heterocycles. The van der Waals surface area contributed by atoms with Gasteiger partial charge in [0.1, 0.15) is 5.82 Å². The third kappa shape index (κ3) is 5.16. The number of aromatic amines is 1. The molecule has 0 unspecified atom stereocenters. The molecule has 0 radical (unpaired) electrons. The summed E-state index contributed by atoms with van der Waals surface area (Å²) in [7, 11) is 0. The maximum absolute atomic E-state index is 12.6. The molecule has 0 fully saturated rings. The molecule has 3 rings (SSSR count). The van der Waals surface area contributed by atoms with Crippen molar-refractivity contribution in [3.05, 3.63) is 99.2 Å². The molecule has 3 aromatic rings. The minimum Gasteiger partial charge on any atom is -0.356 e. The molecule has 0 aliphatic heterocycles. The van der Waals surface area contributed by atoms with E-state index in [0.29, 0.717) is 30.9 Å². The molecule has 1 heterocycles. The third-order valence-electron chi connectivity index (χ3n) is 4.76. The molecule has 1 amide bonds. The van der Waals surface area contributed by atoms with Gasteiger partial charge in [-0.25, -0.2) is 4.98 Å². The lowest BCUT2D eigenvalue weighted by molar-refractivity contribution is -0.121. The van der Waals surface area contributed by atoms with Crippen molar-refractivity contribution in [2.75, 3.05) is 6.54 Å². The van der Waals surface area contributed by atoms with E-state index < -0.39 is 0 Å². The Hall–Kier alpha value is -3.21. The van der Waals surface area contributed by atoms with Crippen LogP contribution in [0.2, 0.25) is 0 Å². The van der Waals surface area contributed by atoms with Gasteiger partial charge < -0.3 is 10.3 Å². The van der Waals surface area contributed by atoms with Crippen molar-refractivity contribution in [1.82, 2.24) is 15.3 Å². The first-order valence-electron chi connectivity index (χ1n) is 9.47. The molecule has 5 nitrogen and oxygen atoms in total. The summed E-state index contributed by atoms with van der Waals surface area (Å²) >= 11 is 0. The quantitative estimate of drug-likeness (QED) is 0.666. The van der Waals surface area contributed by atoms with Crippen molar-refractivity contribution in [3.8, 4) is 0 Å². The van der Waals surface area contributed by atoms with Gasteiger partial charge in [0.2, 0.25) is 5.91 Å². The van der Waals surface area contributed by atoms with Crippen molar-refractivity contribution in [3.63, 3.8) is 0 Å². The molecule has 0 bridgehead atoms. The van der Waals surface area contributed by atoms with Crippen LogP contribution in [0.3, 0.4) is 0 Å². The summed E-state index contributed by atoms with van der Waals surface area (Å²) in [4.78, 5) is 31.1. The van der Waals surface area contributed by atoms with E-state index in [-0.39, 0.29) is 17.4 Å². The highest BCUT2D eigenvalue weighted by molar-refractivity contribution is 5.77. The summed E-state index contributed by atoms with van der Waals surface area (Å²) in [6.07, 6.45) is 0.857. The Labute approximate surface area is 164 Å². The van der Waals surface area contributed by atoms with Gasteiger partial charge in [0.05, 0.1) is 0 Å². The first-order chi connectivity index (χ1) is 13.5. The number of nitrogens with one attached hydrogen (secondary N) is 2. The maximum atomic E-state index is 12.6. The van der Waals surface area contributed by atoms with Gasteiger partial charge in [-0.2, -0.15) is 0 Å². The fourth-order valence-corrected chi connectivity index (χ4v) is 3.41. The van der Waals surface area contributed by atoms with E-state index in [4.69, 9.17) is 0 Å². The Morgan fingerprint density at radius 2 is 1.79 bits per heavy atom. The first kappa shape index (κ1) is 19.5. The Bertz CT molecular complexity index is 996. The number of carbonyl (C=O) groups excluding carboxylic acids is 1. The average Bonchev–Trinajstić information content (AvgIpc) is 2.67. The summed E-state index contributed by atoms with van der Waals surface area (Å²) in [5.74, 6) is 0.565. The fourth-order valence-electron chi connectivity index (χ4n) is 3.41. The number of nitrogens with zero attached hydrogens (tertiary/aromatic N) is 1. The normalized spacial score (nSPS) is 11.8. The van der Waals surface area contributed by atoms with E-state index in [0.717, 1.165) is 11.1 Å². The molecule has 0 aliphatic carbocycles. The van der Waals surface area contributed by atoms with Crippen molar-refractivity contribution in [2.24, 2.45) is 0 Å². The SMILES string of the molecule is Cc1cc(=O)[nH]c(CCNC(=O)C[C@H](c2ccccc2)c2ccccc2C)n1. The average molecular weight is 375 g/mol. The van der Waals surface area contributed by atoms with Crippen LogP contribution >= 0.6 is 0 Å². The highest BCUT2D eigenvalue weighted by Crippen LogP contribution is 2.30. The van der Waals surface area contributed by atoms with Gasteiger partial charge in [-0.3, -0.25) is 9.59 Å². The lowest BCUT2D eigenvalue weighted by Crippen LogP contribution is -2.28. The Morgan fingerprint density at radius 3 is 2.50 bits per heavy atom. The summed E-state index contributed by atoms with van der Waals surface area (Å²) < 4.78 is 0. The van der Waals surface area contributed by atoms with Gasteiger partial charge in [-0.1, -0.05) is 54.6 Å². The molecule has 0 saturated carbocycles. The molecule has 144 valence electrons. The molecule has 5 heteroatoms. The molecular weight excluding hydrogens is 350 g/mol. The molecule has 2 aromatic carbocycles. The zero-order valence-corrected chi connectivity index (χ0v) is 16.2. The van der Waals surface area contributed by atoms with Crippen LogP contribution in [0.1, 0.15) is 40.5 Å². The Balaban J connectivity index is 1.68. The minimum absolute atomic E-state index is 0.000647. The second-order valence-electron chi connectivity index (χ2n) is 6.96. The highest BCUT2D eigenvalue weighted by atomic mass is 16.1. The van der Waals surface area contributed by atoms with Crippen LogP contribution in [0.4, 0.5) is 0 Å². The number of hydrogen-bond acceptors (Lipinski definition) is 3. The smallest absolute Gasteiger partial charge is 0.251 e. The number of aromatic nitrogens is 2. The van der Waals surface area contributed by atoms with E-state index in [1.54, 1.807) is 6.92 Å². The lowest BCUT2D eigenvalue weighted by atomic mass is 9.86. The topological polar surface area (TPSA) is 74.8 Å². The van der Waals surface area contributed by atoms with Crippen LogP contribution in [0.25, 0.3) is 0 Å². The van der Waals surface area contributed by atoms with Crippen LogP contribution in [0.5, 0.6) is 0 Å². The molecule has 0 aliphatic rings. The summed E-state index contributed by atoms with van der Waals surface area (Å²) in [5, 5.41) is 2.96. The zero-order chi connectivity index (χ0) is 19.9. The number of aryl methyl sites for hydroxylation is 2. The molecular formula is C23H25N3O2. The molecule has 28 heavy (non-hydrogen) atoms. The molecule has 0 saturated heterocycles. The van der Waals surface area contributed by atoms with Gasteiger partial charge in [0.25, 0.3) is 5.56 Å². The van der Waals surface area contributed by atoms with Crippen molar-refractivity contribution < 1.29 is 4.79 Å². The summed E-state index contributed by atoms with van der Waals surface area (Å²) in [5.41, 5.74) is 3.96. The first-order valence-corrected chi connectivity index (χ1v) is 9.47. The Kier molecular flexibility index (Phi) is 6.37. The largest absolute Gasteiger partial charge is 0.356 e. The predicted molar refractivity (Wildman–Crippen MR) is 110 cm³/mol. The van der Waals surface area contributed by atoms with Gasteiger partial charge >= 0.3 is 0 Å². The highest BCUT2D eigenvalue weighted by Gasteiger charge is 2.19. The second-order valence-corrected chi connectivity index (χ2v) is 6.96. The van der Waals surface area contributed by atoms with Gasteiger partial charge in [0, 0.05) is 37.1 Å². The fraction of sp³-hybridized carbons (Fsp3) is 0.261. The van der Waals surface area contributed by atoms with E-state index in [2.05, 4.69) is 46.5 Å². The number of hydrogen-bond donors (Lipinski definition) is 2. The van der Waals surface area contributed by atoms with Crippen molar-refractivity contribution >= 4 is 5.91 Å². The van der Waals surface area contributed by atoms with Crippen molar-refractivity contribution in [1.29, 1.82) is 0 Å². The van der Waals surface area contributed by atoms with Gasteiger partial charge in [-0.15, -0.1) is 0 Å². The monoisotopic (exact) mass is 375 g/mol. The number of amides is 1. The predicted octanol–water partition coefficient (Wildman–Crippen LogP) is 3.27. The number of benzene rings is 2. The molecule has 2 N–H and O–H groups in total. The lowest BCUT2D eigenvalue weighted by Gasteiger charge is -2.20. The number of carbonyl (C=O) groups is 1. The van der Waals surface area contributed by atoms with Gasteiger partial charge in [0.15, 0.2) is 0 Å². The van der Waals surface area contributed by atoms with Gasteiger partial charge in [-0.05, 0) is 30.5 Å². The van der Waals surface area contributed by atoms with E-state index in [1.807, 2.05) is 30.3 Å². The Morgan fingerprint density at radius 1 is 1.07 bits per heavy atom. The van der Waals surface area contributed by atoms with Crippen LogP contribution in [0.15, 0.2) is 65.5 Å². The second kappa shape index (κ2) is 9.13. The third-order valence-corrected chi connectivity index (χ3v) is 4.76. The standard InChI is InChI=1S/C23H25N3O2/c1-16-8-6-7-11-19(16)20(18-9-4-3-5-10-18)15-22(27)24-13-12-21-25-17(2)14-23(28)26-21/h3-11,14,20H,12-13,15H2,1-2H3,(H,24,27)(H,25,26,28)/t20-/m1/s1. The molecule has 0 spiro atoms. The maximum Gasteiger partial charge on any atom is 0.251 e. The van der Waals surface area contributed by atoms with Crippen molar-refractivity contribution in [2.45, 2.75) is 32.6 Å². The van der Waals surface area contributed by atoms with E-state index in [9.17, 15) is 9.59 Å². The molecule has 1 atom stereocenters. The number of H-pyrrole nitrogens is 1. The van der Waals surface area contributed by atoms with Crippen LogP contribution in [-0.2, 0) is 11.2 Å². The zero-order valence-electron chi connectivity index (χ0n) is 16.2. The summed E-state index contributed by atoms with van der Waals surface area (Å²) in [6, 6.07) is 19.7. The van der Waals surface area contributed by atoms with Crippen LogP contribution in [0, 0.1) is 13.8 Å². The van der Waals surface area contributed by atoms with E-state index in [1.165, 1.54) is 11.6 Å². The number of rotatable bonds is 7. The van der Waals surface area contributed by atoms with Crippen LogP contribution < -0.4 is 10.9 Å².